The van der Waals surface area contributed by atoms with Gasteiger partial charge in [-0.15, -0.1) is 0 Å². The Balaban J connectivity index is 0.00000784. The number of carbonyl (C=O) groups is 3. The van der Waals surface area contributed by atoms with Crippen LogP contribution < -0.4 is 15.3 Å². The SMILES string of the molecule is C[C@H](O)CN1CCN(CC(=O)[O-])CCN(CC(=O)[O-])CCN(CC(=O)[O-])CC1.[Gd+3]. The van der Waals surface area contributed by atoms with Crippen molar-refractivity contribution < 1.29 is 74.8 Å². The molecule has 1 heterocycles. The molecule has 1 aliphatic heterocycles. The van der Waals surface area contributed by atoms with Crippen LogP contribution in [0.25, 0.3) is 0 Å². The molecule has 0 saturated carbocycles. The fraction of sp³-hybridized carbons (Fsp3) is 0.824. The molecule has 1 rings (SSSR count). The number of hydrogen-bond donors (Lipinski definition) is 1. The van der Waals surface area contributed by atoms with Gasteiger partial charge in [-0.1, -0.05) is 0 Å². The molecule has 29 heavy (non-hydrogen) atoms. The van der Waals surface area contributed by atoms with Crippen molar-refractivity contribution in [3.63, 3.8) is 0 Å². The number of carboxylic acid groups (broad SMARTS) is 3. The van der Waals surface area contributed by atoms with Crippen LogP contribution in [-0.2, 0) is 14.4 Å². The smallest absolute Gasteiger partial charge is 0.549 e. The van der Waals surface area contributed by atoms with E-state index in [2.05, 4.69) is 0 Å². The number of aliphatic hydroxyl groups is 1. The second kappa shape index (κ2) is 15.4. The summed E-state index contributed by atoms with van der Waals surface area (Å²) in [5.41, 5.74) is 0. The Kier molecular flexibility index (Phi) is 15.1. The van der Waals surface area contributed by atoms with Gasteiger partial charge in [0.2, 0.25) is 0 Å². The maximum atomic E-state index is 11.0. The monoisotopic (exact) mass is 559 g/mol. The fourth-order valence-corrected chi connectivity index (χ4v) is 3.16. The first-order valence-electron chi connectivity index (χ1n) is 9.32. The van der Waals surface area contributed by atoms with Crippen molar-refractivity contribution in [3.8, 4) is 0 Å². The van der Waals surface area contributed by atoms with E-state index >= 15 is 0 Å². The van der Waals surface area contributed by atoms with E-state index in [0.717, 1.165) is 0 Å². The minimum Gasteiger partial charge on any atom is -0.549 e. The van der Waals surface area contributed by atoms with Gasteiger partial charge in [0.05, 0.1) is 24.0 Å². The number of aliphatic carboxylic acids is 3. The molecule has 0 aromatic rings. The van der Waals surface area contributed by atoms with Crippen LogP contribution in [-0.4, -0.2) is 127 Å². The van der Waals surface area contributed by atoms with Crippen LogP contribution in [0.1, 0.15) is 6.92 Å². The van der Waals surface area contributed by atoms with Gasteiger partial charge in [-0.25, -0.2) is 0 Å². The number of rotatable bonds is 8. The van der Waals surface area contributed by atoms with E-state index in [1.165, 1.54) is 0 Å². The molecule has 0 unspecified atom stereocenters. The first kappa shape index (κ1) is 28.5. The molecular weight excluding hydrogens is 529 g/mol. The number of hydrogen-bond acceptors (Lipinski definition) is 11. The average Bonchev–Trinajstić information content (AvgIpc) is 2.55. The van der Waals surface area contributed by atoms with Crippen LogP contribution in [0.4, 0.5) is 0 Å². The molecule has 0 aromatic carbocycles. The van der Waals surface area contributed by atoms with E-state index in [4.69, 9.17) is 0 Å². The Hall–Kier alpha value is -0.465. The van der Waals surface area contributed by atoms with E-state index in [1.54, 1.807) is 21.6 Å². The summed E-state index contributed by atoms with van der Waals surface area (Å²) in [4.78, 5) is 39.9. The van der Waals surface area contributed by atoms with Gasteiger partial charge in [-0.05, 0) is 6.92 Å². The Morgan fingerprint density at radius 1 is 0.690 bits per heavy atom. The van der Waals surface area contributed by atoms with Crippen LogP contribution in [0.5, 0.6) is 0 Å². The van der Waals surface area contributed by atoms with Gasteiger partial charge < -0.3 is 34.8 Å². The standard InChI is InChI=1S/C17H32N4O7.Gd/c1-14(22)10-18-2-4-19(11-15(23)24)6-8-21(13-17(27)28)9-7-20(5-3-18)12-16(25)26;/h14,22H,2-13H2,1H3,(H,23,24)(H,25,26)(H,27,28);/q;+3/p-3/t14-;/m0./s1. The maximum absolute atomic E-state index is 11.0. The maximum Gasteiger partial charge on any atom is 3.00 e. The molecule has 0 aliphatic carbocycles. The van der Waals surface area contributed by atoms with Crippen LogP contribution >= 0.6 is 0 Å². The van der Waals surface area contributed by atoms with E-state index in [0.29, 0.717) is 45.8 Å². The summed E-state index contributed by atoms with van der Waals surface area (Å²) in [7, 11) is 0. The van der Waals surface area contributed by atoms with Crippen LogP contribution in [0.15, 0.2) is 0 Å². The Morgan fingerprint density at radius 2 is 0.931 bits per heavy atom. The third kappa shape index (κ3) is 14.2. The zero-order valence-corrected chi connectivity index (χ0v) is 18.9. The van der Waals surface area contributed by atoms with Gasteiger partial charge in [-0.3, -0.25) is 19.6 Å². The number of nitrogens with zero attached hydrogens (tertiary/aromatic N) is 4. The summed E-state index contributed by atoms with van der Waals surface area (Å²) in [6.07, 6.45) is -0.587. The van der Waals surface area contributed by atoms with Crippen LogP contribution in [0.2, 0.25) is 0 Å². The minimum absolute atomic E-state index is 0. The van der Waals surface area contributed by atoms with Crippen LogP contribution in [0.3, 0.4) is 0 Å². The predicted octanol–water partition coefficient (Wildman–Crippen LogP) is -6.16. The predicted molar refractivity (Wildman–Crippen MR) is 92.5 cm³/mol. The van der Waals surface area contributed by atoms with Crippen molar-refractivity contribution in [2.75, 3.05) is 78.5 Å². The van der Waals surface area contributed by atoms with E-state index in [1.807, 2.05) is 4.90 Å². The zero-order chi connectivity index (χ0) is 21.1. The molecule has 1 fully saturated rings. The minimum atomic E-state index is -1.26. The molecule has 12 heteroatoms. The van der Waals surface area contributed by atoms with E-state index in [9.17, 15) is 34.8 Å². The van der Waals surface area contributed by atoms with E-state index in [-0.39, 0.29) is 72.7 Å². The van der Waals surface area contributed by atoms with Crippen molar-refractivity contribution in [2.24, 2.45) is 0 Å². The molecule has 0 aromatic heterocycles. The molecule has 1 saturated heterocycles. The summed E-state index contributed by atoms with van der Waals surface area (Å²) < 4.78 is 0. The van der Waals surface area contributed by atoms with Crippen molar-refractivity contribution >= 4 is 17.9 Å². The number of carboxylic acids is 3. The molecule has 1 N–H and O–H groups in total. The van der Waals surface area contributed by atoms with Crippen molar-refractivity contribution in [1.82, 2.24) is 19.6 Å². The number of carbonyl (C=O) groups excluding carboxylic acids is 3. The van der Waals surface area contributed by atoms with Gasteiger partial charge in [-0.2, -0.15) is 0 Å². The van der Waals surface area contributed by atoms with E-state index < -0.39 is 24.0 Å². The number of β-amino-alcohol motifs (C(OH)–C–C–N with tert-alkyl or cyclic N) is 1. The summed E-state index contributed by atoms with van der Waals surface area (Å²) in [5, 5.41) is 42.7. The molecular formula is C17H29GdN4O7. The second-order valence-corrected chi connectivity index (χ2v) is 7.09. The van der Waals surface area contributed by atoms with Crippen LogP contribution in [0, 0.1) is 39.9 Å². The molecule has 11 nitrogen and oxygen atoms in total. The second-order valence-electron chi connectivity index (χ2n) is 7.09. The summed E-state index contributed by atoms with van der Waals surface area (Å²) in [5.74, 6) is -3.70. The molecule has 0 amide bonds. The normalized spacial score (nSPS) is 20.1. The summed E-state index contributed by atoms with van der Waals surface area (Å²) >= 11 is 0. The molecule has 0 spiro atoms. The van der Waals surface area contributed by atoms with Gasteiger partial charge in [0, 0.05) is 78.5 Å². The summed E-state index contributed by atoms with van der Waals surface area (Å²) in [6, 6.07) is 0. The third-order valence-electron chi connectivity index (χ3n) is 4.51. The largest absolute Gasteiger partial charge is 3.00 e. The molecule has 0 bridgehead atoms. The topological polar surface area (TPSA) is 154 Å². The molecule has 1 aliphatic rings. The quantitative estimate of drug-likeness (QED) is 0.303. The molecule has 167 valence electrons. The van der Waals surface area contributed by atoms with Gasteiger partial charge in [0.1, 0.15) is 0 Å². The van der Waals surface area contributed by atoms with Gasteiger partial charge in [0.25, 0.3) is 0 Å². The number of aliphatic hydroxyl groups excluding tert-OH is 1. The molecule has 1 atom stereocenters. The Labute approximate surface area is 202 Å². The molecule has 1 radical (unpaired) electrons. The zero-order valence-electron chi connectivity index (χ0n) is 16.6. The fourth-order valence-electron chi connectivity index (χ4n) is 3.16. The first-order valence-corrected chi connectivity index (χ1v) is 9.32. The average molecular weight is 559 g/mol. The van der Waals surface area contributed by atoms with Crippen molar-refractivity contribution in [2.45, 2.75) is 13.0 Å². The Morgan fingerprint density at radius 3 is 1.14 bits per heavy atom. The van der Waals surface area contributed by atoms with Crippen molar-refractivity contribution in [1.29, 1.82) is 0 Å². The third-order valence-corrected chi connectivity index (χ3v) is 4.51. The van der Waals surface area contributed by atoms with Gasteiger partial charge in [0.15, 0.2) is 0 Å². The Bertz CT molecular complexity index is 492. The summed E-state index contributed by atoms with van der Waals surface area (Å²) in [6.45, 7) is 4.04. The van der Waals surface area contributed by atoms with Crippen molar-refractivity contribution in [3.05, 3.63) is 0 Å². The first-order chi connectivity index (χ1) is 13.2. The van der Waals surface area contributed by atoms with Gasteiger partial charge >= 0.3 is 39.9 Å².